The largest absolute Gasteiger partial charge is 0.323 e. The molecule has 1 aromatic carbocycles. The summed E-state index contributed by atoms with van der Waals surface area (Å²) in [6.45, 7) is 1.69. The van der Waals surface area contributed by atoms with Crippen LogP contribution in [-0.2, 0) is 17.8 Å². The summed E-state index contributed by atoms with van der Waals surface area (Å²) in [6.07, 6.45) is 5.50. The summed E-state index contributed by atoms with van der Waals surface area (Å²) in [5, 5.41) is 8.20. The lowest BCUT2D eigenvalue weighted by molar-refractivity contribution is -0.116. The minimum absolute atomic E-state index is 0.0118. The molecule has 0 unspecified atom stereocenters. The van der Waals surface area contributed by atoms with Crippen molar-refractivity contribution in [3.63, 3.8) is 0 Å². The highest BCUT2D eigenvalue weighted by Gasteiger charge is 2.06. The van der Waals surface area contributed by atoms with Crippen molar-refractivity contribution in [2.75, 3.05) is 26.0 Å². The second-order valence-corrected chi connectivity index (χ2v) is 6.76. The van der Waals surface area contributed by atoms with E-state index < -0.39 is 0 Å². The number of benzene rings is 1. The maximum absolute atomic E-state index is 12.0. The third-order valence-corrected chi connectivity index (χ3v) is 4.29. The van der Waals surface area contributed by atoms with Crippen molar-refractivity contribution in [2.24, 2.45) is 0 Å². The van der Waals surface area contributed by atoms with Crippen molar-refractivity contribution in [3.05, 3.63) is 46.2 Å². The highest BCUT2D eigenvalue weighted by Crippen LogP contribution is 2.23. The molecule has 0 saturated heterocycles. The Labute approximate surface area is 152 Å². The van der Waals surface area contributed by atoms with E-state index in [1.807, 2.05) is 37.1 Å². The van der Waals surface area contributed by atoms with E-state index in [9.17, 15) is 4.79 Å². The fraction of sp³-hybridized carbons (Fsp3) is 0.412. The lowest BCUT2D eigenvalue weighted by atomic mass is 10.1. The molecule has 5 nitrogen and oxygen atoms in total. The van der Waals surface area contributed by atoms with Gasteiger partial charge in [-0.05, 0) is 44.6 Å². The van der Waals surface area contributed by atoms with Gasteiger partial charge in [-0.2, -0.15) is 5.10 Å². The molecule has 0 aliphatic carbocycles. The first-order valence-corrected chi connectivity index (χ1v) is 8.60. The molecule has 0 atom stereocenters. The molecule has 0 aliphatic rings. The molecule has 2 aromatic rings. The van der Waals surface area contributed by atoms with Gasteiger partial charge in [-0.3, -0.25) is 9.48 Å². The third-order valence-electron chi connectivity index (χ3n) is 3.55. The van der Waals surface area contributed by atoms with Gasteiger partial charge in [0.1, 0.15) is 0 Å². The highest BCUT2D eigenvalue weighted by molar-refractivity contribution is 6.42. The summed E-state index contributed by atoms with van der Waals surface area (Å²) in [5.41, 5.74) is 1.81. The first kappa shape index (κ1) is 18.8. The van der Waals surface area contributed by atoms with Gasteiger partial charge in [0.2, 0.25) is 5.91 Å². The summed E-state index contributed by atoms with van der Waals surface area (Å²) in [6, 6.07) is 5.55. The van der Waals surface area contributed by atoms with Crippen LogP contribution in [-0.4, -0.2) is 41.2 Å². The normalized spacial score (nSPS) is 11.0. The van der Waals surface area contributed by atoms with E-state index in [1.165, 1.54) is 0 Å². The number of nitrogens with one attached hydrogen (secondary N) is 1. The van der Waals surface area contributed by atoms with E-state index in [0.29, 0.717) is 16.5 Å². The third kappa shape index (κ3) is 6.15. The SMILES string of the molecule is CN(C)CCn1cc(NC(=O)CCCc2ccc(Cl)c(Cl)c2)cn1. The summed E-state index contributed by atoms with van der Waals surface area (Å²) >= 11 is 11.9. The van der Waals surface area contributed by atoms with Gasteiger partial charge in [0, 0.05) is 19.2 Å². The average molecular weight is 369 g/mol. The van der Waals surface area contributed by atoms with Crippen molar-refractivity contribution in [1.29, 1.82) is 0 Å². The number of carbonyl (C=O) groups is 1. The first-order valence-electron chi connectivity index (χ1n) is 7.85. The van der Waals surface area contributed by atoms with Crippen molar-refractivity contribution in [3.8, 4) is 0 Å². The number of amides is 1. The maximum Gasteiger partial charge on any atom is 0.224 e. The van der Waals surface area contributed by atoms with Crippen LogP contribution in [0.2, 0.25) is 10.0 Å². The fourth-order valence-electron chi connectivity index (χ4n) is 2.22. The Balaban J connectivity index is 1.74. The number of anilines is 1. The van der Waals surface area contributed by atoms with Gasteiger partial charge in [-0.15, -0.1) is 0 Å². The van der Waals surface area contributed by atoms with Crippen molar-refractivity contribution in [2.45, 2.75) is 25.8 Å². The Kier molecular flexibility index (Phi) is 7.09. The molecule has 1 aromatic heterocycles. The Morgan fingerprint density at radius 3 is 2.79 bits per heavy atom. The molecular weight excluding hydrogens is 347 g/mol. The highest BCUT2D eigenvalue weighted by atomic mass is 35.5. The van der Waals surface area contributed by atoms with Crippen LogP contribution in [0, 0.1) is 0 Å². The Bertz CT molecular complexity index is 685. The predicted molar refractivity (Wildman–Crippen MR) is 98.8 cm³/mol. The minimum Gasteiger partial charge on any atom is -0.323 e. The zero-order chi connectivity index (χ0) is 17.5. The Morgan fingerprint density at radius 1 is 1.29 bits per heavy atom. The molecule has 0 aliphatic heterocycles. The molecule has 130 valence electrons. The fourth-order valence-corrected chi connectivity index (χ4v) is 2.55. The number of carbonyl (C=O) groups excluding carboxylic acids is 1. The van der Waals surface area contributed by atoms with Crippen LogP contribution in [0.25, 0.3) is 0 Å². The van der Waals surface area contributed by atoms with Gasteiger partial charge in [0.25, 0.3) is 0 Å². The van der Waals surface area contributed by atoms with Crippen LogP contribution in [0.4, 0.5) is 5.69 Å². The lowest BCUT2D eigenvalue weighted by Crippen LogP contribution is -2.18. The molecule has 7 heteroatoms. The van der Waals surface area contributed by atoms with Gasteiger partial charge in [0.15, 0.2) is 0 Å². The Hall–Kier alpha value is -1.56. The molecule has 24 heavy (non-hydrogen) atoms. The molecule has 1 N–H and O–H groups in total. The molecule has 0 bridgehead atoms. The van der Waals surface area contributed by atoms with E-state index in [2.05, 4.69) is 15.3 Å². The molecule has 0 spiro atoms. The standard InChI is InChI=1S/C17H22Cl2N4O/c1-22(2)8-9-23-12-14(11-20-23)21-17(24)5-3-4-13-6-7-15(18)16(19)10-13/h6-7,10-12H,3-5,8-9H2,1-2H3,(H,21,24). The van der Waals surface area contributed by atoms with Gasteiger partial charge in [-0.25, -0.2) is 0 Å². The smallest absolute Gasteiger partial charge is 0.224 e. The summed E-state index contributed by atoms with van der Waals surface area (Å²) in [7, 11) is 4.03. The van der Waals surface area contributed by atoms with Crippen LogP contribution < -0.4 is 5.32 Å². The first-order chi connectivity index (χ1) is 11.4. The quantitative estimate of drug-likeness (QED) is 0.772. The maximum atomic E-state index is 12.0. The molecule has 1 amide bonds. The van der Waals surface area contributed by atoms with Gasteiger partial charge in [-0.1, -0.05) is 29.3 Å². The topological polar surface area (TPSA) is 50.2 Å². The van der Waals surface area contributed by atoms with Gasteiger partial charge < -0.3 is 10.2 Å². The second kappa shape index (κ2) is 9.06. The van der Waals surface area contributed by atoms with E-state index in [-0.39, 0.29) is 5.91 Å². The van der Waals surface area contributed by atoms with E-state index >= 15 is 0 Å². The van der Waals surface area contributed by atoms with Crippen LogP contribution >= 0.6 is 23.2 Å². The number of hydrogen-bond acceptors (Lipinski definition) is 3. The van der Waals surface area contributed by atoms with Crippen LogP contribution in [0.1, 0.15) is 18.4 Å². The minimum atomic E-state index is -0.0118. The zero-order valence-corrected chi connectivity index (χ0v) is 15.4. The van der Waals surface area contributed by atoms with Crippen LogP contribution in [0.5, 0.6) is 0 Å². The number of rotatable bonds is 8. The number of aryl methyl sites for hydroxylation is 1. The predicted octanol–water partition coefficient (Wildman–Crippen LogP) is 3.71. The van der Waals surface area contributed by atoms with Crippen LogP contribution in [0.15, 0.2) is 30.6 Å². The van der Waals surface area contributed by atoms with Crippen LogP contribution in [0.3, 0.4) is 0 Å². The number of aromatic nitrogens is 2. The second-order valence-electron chi connectivity index (χ2n) is 5.95. The molecule has 2 rings (SSSR count). The number of halogens is 2. The lowest BCUT2D eigenvalue weighted by Gasteiger charge is -2.08. The van der Waals surface area contributed by atoms with Gasteiger partial charge >= 0.3 is 0 Å². The summed E-state index contributed by atoms with van der Waals surface area (Å²) in [4.78, 5) is 14.1. The molecule has 0 fully saturated rings. The number of nitrogens with zero attached hydrogens (tertiary/aromatic N) is 3. The number of likely N-dealkylation sites (N-methyl/N-ethyl adjacent to an activating group) is 1. The summed E-state index contributed by atoms with van der Waals surface area (Å²) in [5.74, 6) is -0.0118. The van der Waals surface area contributed by atoms with E-state index in [0.717, 1.165) is 37.2 Å². The molecule has 1 heterocycles. The molecular formula is C17H22Cl2N4O. The average Bonchev–Trinajstić information content (AvgIpc) is 2.96. The van der Waals surface area contributed by atoms with E-state index in [4.69, 9.17) is 23.2 Å². The zero-order valence-electron chi connectivity index (χ0n) is 13.9. The van der Waals surface area contributed by atoms with Crippen molar-refractivity contribution >= 4 is 34.8 Å². The number of hydrogen-bond donors (Lipinski definition) is 1. The van der Waals surface area contributed by atoms with Crippen molar-refractivity contribution in [1.82, 2.24) is 14.7 Å². The molecule has 0 radical (unpaired) electrons. The monoisotopic (exact) mass is 368 g/mol. The van der Waals surface area contributed by atoms with E-state index in [1.54, 1.807) is 12.3 Å². The Morgan fingerprint density at radius 2 is 2.08 bits per heavy atom. The molecule has 0 saturated carbocycles. The van der Waals surface area contributed by atoms with Gasteiger partial charge in [0.05, 0.1) is 28.5 Å². The summed E-state index contributed by atoms with van der Waals surface area (Å²) < 4.78 is 1.82. The van der Waals surface area contributed by atoms with Crippen molar-refractivity contribution < 1.29 is 4.79 Å².